The molecule has 0 spiro atoms. The number of carbonyl (C=O) groups excluding carboxylic acids is 3. The lowest BCUT2D eigenvalue weighted by Crippen LogP contribution is -2.28. The lowest BCUT2D eigenvalue weighted by atomic mass is 10.1. The molecule has 1 aliphatic heterocycles. The highest BCUT2D eigenvalue weighted by atomic mass is 16.2. The molecule has 1 saturated heterocycles. The Hall–Kier alpha value is -2.37. The highest BCUT2D eigenvalue weighted by molar-refractivity contribution is 6.00. The summed E-state index contributed by atoms with van der Waals surface area (Å²) in [5, 5.41) is 2.64. The van der Waals surface area contributed by atoms with Gasteiger partial charge in [-0.15, -0.1) is 0 Å². The Labute approximate surface area is 110 Å². The number of nitrogens with two attached hydrogens (primary N) is 1. The topological polar surface area (TPSA) is 92.5 Å². The molecular formula is C13H15N3O3. The van der Waals surface area contributed by atoms with Crippen LogP contribution in [0.2, 0.25) is 0 Å². The summed E-state index contributed by atoms with van der Waals surface area (Å²) < 4.78 is 0. The fourth-order valence-electron chi connectivity index (χ4n) is 2.08. The Morgan fingerprint density at radius 1 is 1.32 bits per heavy atom. The van der Waals surface area contributed by atoms with Crippen LogP contribution in [0, 0.1) is 5.92 Å². The zero-order chi connectivity index (χ0) is 14.0. The first-order chi connectivity index (χ1) is 8.97. The molecule has 1 atom stereocenters. The summed E-state index contributed by atoms with van der Waals surface area (Å²) in [7, 11) is 0. The highest BCUT2D eigenvalue weighted by Crippen LogP contribution is 2.26. The Kier molecular flexibility index (Phi) is 3.50. The number of primary amides is 1. The number of hydrogen-bond acceptors (Lipinski definition) is 3. The van der Waals surface area contributed by atoms with Crippen molar-refractivity contribution in [2.24, 2.45) is 11.7 Å². The Morgan fingerprint density at radius 3 is 2.42 bits per heavy atom. The van der Waals surface area contributed by atoms with Gasteiger partial charge in [0.05, 0.1) is 5.92 Å². The van der Waals surface area contributed by atoms with E-state index in [9.17, 15) is 14.4 Å². The van der Waals surface area contributed by atoms with E-state index in [-0.39, 0.29) is 18.2 Å². The van der Waals surface area contributed by atoms with Crippen LogP contribution in [0.4, 0.5) is 11.4 Å². The highest BCUT2D eigenvalue weighted by Gasteiger charge is 2.33. The number of carbonyl (C=O) groups is 3. The molecule has 1 aliphatic rings. The number of amides is 3. The quantitative estimate of drug-likeness (QED) is 0.829. The van der Waals surface area contributed by atoms with Crippen molar-refractivity contribution >= 4 is 29.1 Å². The molecule has 6 heteroatoms. The number of anilines is 2. The maximum atomic E-state index is 11.8. The largest absolute Gasteiger partial charge is 0.369 e. The second kappa shape index (κ2) is 5.09. The van der Waals surface area contributed by atoms with Gasteiger partial charge in [-0.3, -0.25) is 14.4 Å². The van der Waals surface area contributed by atoms with Gasteiger partial charge in [0.2, 0.25) is 17.7 Å². The fraction of sp³-hybridized carbons (Fsp3) is 0.308. The number of nitrogens with zero attached hydrogens (tertiary/aromatic N) is 1. The molecule has 0 saturated carbocycles. The minimum atomic E-state index is -0.453. The zero-order valence-electron chi connectivity index (χ0n) is 10.6. The maximum absolute atomic E-state index is 11.8. The van der Waals surface area contributed by atoms with Gasteiger partial charge in [0.25, 0.3) is 0 Å². The fourth-order valence-corrected chi connectivity index (χ4v) is 2.08. The number of benzene rings is 1. The van der Waals surface area contributed by atoms with E-state index in [0.717, 1.165) is 0 Å². The van der Waals surface area contributed by atoms with Gasteiger partial charge in [-0.1, -0.05) is 0 Å². The molecule has 1 heterocycles. The van der Waals surface area contributed by atoms with Crippen molar-refractivity contribution in [3.8, 4) is 0 Å². The third kappa shape index (κ3) is 2.90. The van der Waals surface area contributed by atoms with Crippen LogP contribution in [0.15, 0.2) is 24.3 Å². The van der Waals surface area contributed by atoms with Crippen molar-refractivity contribution in [1.82, 2.24) is 0 Å². The van der Waals surface area contributed by atoms with Gasteiger partial charge < -0.3 is 16.0 Å². The van der Waals surface area contributed by atoms with Gasteiger partial charge in [0.1, 0.15) is 0 Å². The Bertz CT molecular complexity index is 524. The smallest absolute Gasteiger partial charge is 0.227 e. The van der Waals surface area contributed by atoms with Crippen molar-refractivity contribution in [3.05, 3.63) is 24.3 Å². The van der Waals surface area contributed by atoms with E-state index in [2.05, 4.69) is 5.32 Å². The second-order valence-corrected chi connectivity index (χ2v) is 4.54. The summed E-state index contributed by atoms with van der Waals surface area (Å²) in [6.45, 7) is 1.74. The number of hydrogen-bond donors (Lipinski definition) is 2. The van der Waals surface area contributed by atoms with Gasteiger partial charge in [0, 0.05) is 31.3 Å². The molecule has 19 heavy (non-hydrogen) atoms. The lowest BCUT2D eigenvalue weighted by Gasteiger charge is -2.16. The average molecular weight is 261 g/mol. The lowest BCUT2D eigenvalue weighted by molar-refractivity contribution is -0.123. The molecule has 0 aromatic heterocycles. The van der Waals surface area contributed by atoms with E-state index < -0.39 is 11.8 Å². The van der Waals surface area contributed by atoms with Crippen LogP contribution in [-0.2, 0) is 14.4 Å². The molecule has 3 amide bonds. The van der Waals surface area contributed by atoms with Gasteiger partial charge >= 0.3 is 0 Å². The molecular weight excluding hydrogens is 246 g/mol. The van der Waals surface area contributed by atoms with Crippen LogP contribution < -0.4 is 16.0 Å². The minimum absolute atomic E-state index is 0.115. The SMILES string of the molecule is CC(=O)Nc1ccc(N2C[C@@H](C(N)=O)CC2=O)cc1. The average Bonchev–Trinajstić information content (AvgIpc) is 2.72. The van der Waals surface area contributed by atoms with Crippen molar-refractivity contribution in [2.75, 3.05) is 16.8 Å². The zero-order valence-corrected chi connectivity index (χ0v) is 10.6. The van der Waals surface area contributed by atoms with E-state index in [0.29, 0.717) is 17.9 Å². The molecule has 1 fully saturated rings. The van der Waals surface area contributed by atoms with Crippen molar-refractivity contribution in [1.29, 1.82) is 0 Å². The maximum Gasteiger partial charge on any atom is 0.227 e. The third-order valence-electron chi connectivity index (χ3n) is 3.03. The summed E-state index contributed by atoms with van der Waals surface area (Å²) in [5.74, 6) is -1.15. The van der Waals surface area contributed by atoms with Crippen LogP contribution in [0.5, 0.6) is 0 Å². The second-order valence-electron chi connectivity index (χ2n) is 4.54. The first-order valence-electron chi connectivity index (χ1n) is 5.94. The minimum Gasteiger partial charge on any atom is -0.369 e. The van der Waals surface area contributed by atoms with Crippen molar-refractivity contribution in [3.63, 3.8) is 0 Å². The van der Waals surface area contributed by atoms with Crippen molar-refractivity contribution in [2.45, 2.75) is 13.3 Å². The molecule has 6 nitrogen and oxygen atoms in total. The Morgan fingerprint density at radius 2 is 1.95 bits per heavy atom. The first-order valence-corrected chi connectivity index (χ1v) is 5.94. The normalized spacial score (nSPS) is 18.5. The van der Waals surface area contributed by atoms with Gasteiger partial charge in [-0.05, 0) is 24.3 Å². The van der Waals surface area contributed by atoms with E-state index in [4.69, 9.17) is 5.73 Å². The molecule has 100 valence electrons. The summed E-state index contributed by atoms with van der Waals surface area (Å²) in [5.41, 5.74) is 6.57. The number of rotatable bonds is 3. The molecule has 1 aromatic rings. The van der Waals surface area contributed by atoms with Crippen LogP contribution in [-0.4, -0.2) is 24.3 Å². The van der Waals surface area contributed by atoms with Crippen LogP contribution in [0.1, 0.15) is 13.3 Å². The first kappa shape index (κ1) is 13.1. The standard InChI is InChI=1S/C13H15N3O3/c1-8(17)15-10-2-4-11(5-3-10)16-7-9(13(14)19)6-12(16)18/h2-5,9H,6-7H2,1H3,(H2,14,19)(H,15,17)/t9-/m0/s1. The predicted octanol–water partition coefficient (Wildman–Crippen LogP) is 0.483. The van der Waals surface area contributed by atoms with Crippen LogP contribution >= 0.6 is 0 Å². The van der Waals surface area contributed by atoms with Crippen LogP contribution in [0.3, 0.4) is 0 Å². The number of nitrogens with one attached hydrogen (secondary N) is 1. The van der Waals surface area contributed by atoms with Crippen LogP contribution in [0.25, 0.3) is 0 Å². The molecule has 0 unspecified atom stereocenters. The van der Waals surface area contributed by atoms with E-state index >= 15 is 0 Å². The summed E-state index contributed by atoms with van der Waals surface area (Å²) >= 11 is 0. The van der Waals surface area contributed by atoms with Gasteiger partial charge in [-0.2, -0.15) is 0 Å². The molecule has 0 bridgehead atoms. The summed E-state index contributed by atoms with van der Waals surface area (Å²) in [6.07, 6.45) is 0.156. The monoisotopic (exact) mass is 261 g/mol. The van der Waals surface area contributed by atoms with Crippen molar-refractivity contribution < 1.29 is 14.4 Å². The van der Waals surface area contributed by atoms with E-state index in [1.165, 1.54) is 11.8 Å². The molecule has 1 aromatic carbocycles. The summed E-state index contributed by atoms with van der Waals surface area (Å²) in [4.78, 5) is 35.3. The predicted molar refractivity (Wildman–Crippen MR) is 70.4 cm³/mol. The Balaban J connectivity index is 2.12. The molecule has 0 radical (unpaired) electrons. The third-order valence-corrected chi connectivity index (χ3v) is 3.03. The van der Waals surface area contributed by atoms with Gasteiger partial charge in [-0.25, -0.2) is 0 Å². The molecule has 3 N–H and O–H groups in total. The van der Waals surface area contributed by atoms with E-state index in [1.807, 2.05) is 0 Å². The van der Waals surface area contributed by atoms with E-state index in [1.54, 1.807) is 24.3 Å². The van der Waals surface area contributed by atoms with Gasteiger partial charge in [0.15, 0.2) is 0 Å². The summed E-state index contributed by atoms with van der Waals surface area (Å²) in [6, 6.07) is 6.88. The molecule has 0 aliphatic carbocycles. The molecule has 2 rings (SSSR count).